The Bertz CT molecular complexity index is 783. The van der Waals surface area contributed by atoms with E-state index in [0.29, 0.717) is 40.4 Å². The monoisotopic (exact) mass is 477 g/mol. The van der Waals surface area contributed by atoms with Gasteiger partial charge in [-0.2, -0.15) is 0 Å². The van der Waals surface area contributed by atoms with Crippen molar-refractivity contribution >= 4 is 57.4 Å². The molecule has 0 fully saturated rings. The molecule has 2 aromatic rings. The van der Waals surface area contributed by atoms with Gasteiger partial charge in [0.15, 0.2) is 11.5 Å². The van der Waals surface area contributed by atoms with Crippen molar-refractivity contribution in [2.45, 2.75) is 12.8 Å². The molecule has 0 atom stereocenters. The SMILES string of the molecule is O=C(Cc1cc(Cl)c2c(c1)OCCCO2)Nc1ccc(I)cc1Cl. The van der Waals surface area contributed by atoms with Gasteiger partial charge in [0.05, 0.1) is 35.4 Å². The number of ether oxygens (including phenoxy) is 2. The van der Waals surface area contributed by atoms with Crippen LogP contribution in [-0.4, -0.2) is 19.1 Å². The Kier molecular flexibility index (Phi) is 5.73. The molecule has 126 valence electrons. The van der Waals surface area contributed by atoms with Crippen LogP contribution in [-0.2, 0) is 11.2 Å². The van der Waals surface area contributed by atoms with Crippen molar-refractivity contribution in [2.24, 2.45) is 0 Å². The molecule has 2 aromatic carbocycles. The summed E-state index contributed by atoms with van der Waals surface area (Å²) in [6, 6.07) is 8.98. The van der Waals surface area contributed by atoms with Gasteiger partial charge in [-0.15, -0.1) is 0 Å². The Balaban J connectivity index is 1.74. The van der Waals surface area contributed by atoms with E-state index in [2.05, 4.69) is 27.9 Å². The van der Waals surface area contributed by atoms with Crippen molar-refractivity contribution in [3.05, 3.63) is 49.5 Å². The zero-order valence-electron chi connectivity index (χ0n) is 12.6. The maximum Gasteiger partial charge on any atom is 0.228 e. The third kappa shape index (κ3) is 4.26. The molecule has 1 N–H and O–H groups in total. The second-order valence-corrected chi connectivity index (χ2v) is 7.36. The van der Waals surface area contributed by atoms with E-state index >= 15 is 0 Å². The van der Waals surface area contributed by atoms with Crippen LogP contribution < -0.4 is 14.8 Å². The van der Waals surface area contributed by atoms with Crippen molar-refractivity contribution in [3.63, 3.8) is 0 Å². The van der Waals surface area contributed by atoms with Gasteiger partial charge in [0, 0.05) is 9.99 Å². The molecule has 0 saturated heterocycles. The van der Waals surface area contributed by atoms with Crippen molar-refractivity contribution in [2.75, 3.05) is 18.5 Å². The molecule has 0 spiro atoms. The zero-order valence-corrected chi connectivity index (χ0v) is 16.2. The average Bonchev–Trinajstić information content (AvgIpc) is 2.76. The highest BCUT2D eigenvalue weighted by molar-refractivity contribution is 14.1. The molecule has 0 aliphatic carbocycles. The maximum absolute atomic E-state index is 12.3. The van der Waals surface area contributed by atoms with Crippen LogP contribution in [0.3, 0.4) is 0 Å². The zero-order chi connectivity index (χ0) is 17.1. The highest BCUT2D eigenvalue weighted by atomic mass is 127. The van der Waals surface area contributed by atoms with Crippen LogP contribution in [0.15, 0.2) is 30.3 Å². The number of carbonyl (C=O) groups is 1. The van der Waals surface area contributed by atoms with Gasteiger partial charge in [0.2, 0.25) is 5.91 Å². The largest absolute Gasteiger partial charge is 0.489 e. The molecule has 0 bridgehead atoms. The number of fused-ring (bicyclic) bond motifs is 1. The van der Waals surface area contributed by atoms with Gasteiger partial charge >= 0.3 is 0 Å². The van der Waals surface area contributed by atoms with Crippen LogP contribution in [0.5, 0.6) is 11.5 Å². The summed E-state index contributed by atoms with van der Waals surface area (Å²) in [7, 11) is 0. The lowest BCUT2D eigenvalue weighted by Gasteiger charge is -2.12. The maximum atomic E-state index is 12.3. The van der Waals surface area contributed by atoms with Crippen LogP contribution in [0.25, 0.3) is 0 Å². The van der Waals surface area contributed by atoms with Gasteiger partial charge in [-0.1, -0.05) is 23.2 Å². The van der Waals surface area contributed by atoms with Crippen LogP contribution >= 0.6 is 45.8 Å². The van der Waals surface area contributed by atoms with Crippen molar-refractivity contribution < 1.29 is 14.3 Å². The second-order valence-electron chi connectivity index (χ2n) is 5.30. The van der Waals surface area contributed by atoms with Crippen molar-refractivity contribution in [1.82, 2.24) is 0 Å². The fraction of sp³-hybridized carbons (Fsp3) is 0.235. The number of nitrogens with one attached hydrogen (secondary N) is 1. The van der Waals surface area contributed by atoms with Gasteiger partial charge < -0.3 is 14.8 Å². The van der Waals surface area contributed by atoms with E-state index in [-0.39, 0.29) is 12.3 Å². The summed E-state index contributed by atoms with van der Waals surface area (Å²) >= 11 is 14.5. The summed E-state index contributed by atoms with van der Waals surface area (Å²) in [5.74, 6) is 0.942. The van der Waals surface area contributed by atoms with E-state index in [0.717, 1.165) is 15.6 Å². The van der Waals surface area contributed by atoms with Crippen molar-refractivity contribution in [3.8, 4) is 11.5 Å². The number of carbonyl (C=O) groups excluding carboxylic acids is 1. The van der Waals surface area contributed by atoms with E-state index in [1.54, 1.807) is 24.3 Å². The number of benzene rings is 2. The van der Waals surface area contributed by atoms with E-state index in [1.165, 1.54) is 0 Å². The Hall–Kier alpha value is -1.18. The molecular formula is C17H14Cl2INO3. The lowest BCUT2D eigenvalue weighted by atomic mass is 10.1. The first-order chi connectivity index (χ1) is 11.5. The molecule has 1 aliphatic heterocycles. The third-order valence-electron chi connectivity index (χ3n) is 3.43. The number of hydrogen-bond donors (Lipinski definition) is 1. The van der Waals surface area contributed by atoms with Gasteiger partial charge in [0.1, 0.15) is 0 Å². The van der Waals surface area contributed by atoms with Gasteiger partial charge in [-0.05, 0) is 58.5 Å². The smallest absolute Gasteiger partial charge is 0.228 e. The molecule has 1 amide bonds. The lowest BCUT2D eigenvalue weighted by molar-refractivity contribution is -0.115. The minimum absolute atomic E-state index is 0.165. The third-order valence-corrected chi connectivity index (χ3v) is 4.70. The van der Waals surface area contributed by atoms with E-state index in [9.17, 15) is 4.79 Å². The standard InChI is InChI=1S/C17H14Cl2INO3/c18-12-9-11(20)2-3-14(12)21-16(22)8-10-6-13(19)17-15(7-10)23-4-1-5-24-17/h2-3,6-7,9H,1,4-5,8H2,(H,21,22). The highest BCUT2D eigenvalue weighted by Crippen LogP contribution is 2.38. The van der Waals surface area contributed by atoms with Crippen LogP contribution in [0, 0.1) is 3.57 Å². The predicted molar refractivity (Wildman–Crippen MR) is 104 cm³/mol. The number of anilines is 1. The fourth-order valence-corrected chi connectivity index (χ4v) is 3.55. The van der Waals surface area contributed by atoms with Crippen LogP contribution in [0.1, 0.15) is 12.0 Å². The minimum atomic E-state index is -0.177. The fourth-order valence-electron chi connectivity index (χ4n) is 2.36. The molecule has 3 rings (SSSR count). The Morgan fingerprint density at radius 2 is 1.92 bits per heavy atom. The van der Waals surface area contributed by atoms with Crippen LogP contribution in [0.2, 0.25) is 10.0 Å². The van der Waals surface area contributed by atoms with E-state index in [4.69, 9.17) is 32.7 Å². The summed E-state index contributed by atoms with van der Waals surface area (Å²) < 4.78 is 12.2. The number of hydrogen-bond acceptors (Lipinski definition) is 3. The molecule has 0 unspecified atom stereocenters. The molecule has 1 aliphatic rings. The minimum Gasteiger partial charge on any atom is -0.489 e. The molecule has 4 nitrogen and oxygen atoms in total. The molecule has 24 heavy (non-hydrogen) atoms. The predicted octanol–water partition coefficient (Wildman–Crippen LogP) is 4.94. The molecule has 0 saturated carbocycles. The van der Waals surface area contributed by atoms with Crippen LogP contribution in [0.4, 0.5) is 5.69 Å². The van der Waals surface area contributed by atoms with Gasteiger partial charge in [-0.3, -0.25) is 4.79 Å². The molecule has 0 radical (unpaired) electrons. The Morgan fingerprint density at radius 3 is 2.71 bits per heavy atom. The summed E-state index contributed by atoms with van der Waals surface area (Å²) in [5.41, 5.74) is 1.34. The second kappa shape index (κ2) is 7.80. The summed E-state index contributed by atoms with van der Waals surface area (Å²) in [6.45, 7) is 1.13. The summed E-state index contributed by atoms with van der Waals surface area (Å²) in [6.07, 6.45) is 0.963. The molecule has 7 heteroatoms. The number of rotatable bonds is 3. The lowest BCUT2D eigenvalue weighted by Crippen LogP contribution is -2.15. The first kappa shape index (κ1) is 17.6. The molecule has 1 heterocycles. The van der Waals surface area contributed by atoms with Gasteiger partial charge in [-0.25, -0.2) is 0 Å². The summed E-state index contributed by atoms with van der Waals surface area (Å²) in [4.78, 5) is 12.3. The highest BCUT2D eigenvalue weighted by Gasteiger charge is 2.17. The van der Waals surface area contributed by atoms with E-state index in [1.807, 2.05) is 6.07 Å². The molecule has 0 aromatic heterocycles. The van der Waals surface area contributed by atoms with Crippen molar-refractivity contribution in [1.29, 1.82) is 0 Å². The average molecular weight is 478 g/mol. The van der Waals surface area contributed by atoms with E-state index < -0.39 is 0 Å². The first-order valence-electron chi connectivity index (χ1n) is 7.36. The summed E-state index contributed by atoms with van der Waals surface area (Å²) in [5, 5.41) is 3.76. The normalized spacial score (nSPS) is 13.3. The number of amides is 1. The Labute approximate surface area is 163 Å². The topological polar surface area (TPSA) is 47.6 Å². The van der Waals surface area contributed by atoms with Gasteiger partial charge in [0.25, 0.3) is 0 Å². The number of halogens is 3. The Morgan fingerprint density at radius 1 is 1.12 bits per heavy atom. The quantitative estimate of drug-likeness (QED) is 0.637. The first-order valence-corrected chi connectivity index (χ1v) is 9.19. The molecular weight excluding hydrogens is 464 g/mol.